The molecule has 1 heterocycles. The summed E-state index contributed by atoms with van der Waals surface area (Å²) < 4.78 is 35.1. The molecule has 1 N–H and O–H groups in total. The highest BCUT2D eigenvalue weighted by molar-refractivity contribution is 7.89. The molecule has 3 atom stereocenters. The fourth-order valence-electron chi connectivity index (χ4n) is 6.75. The number of carbonyl (C=O) groups is 2. The van der Waals surface area contributed by atoms with Crippen LogP contribution in [0.4, 0.5) is 5.69 Å². The van der Waals surface area contributed by atoms with Crippen LogP contribution in [0.2, 0.25) is 0 Å². The van der Waals surface area contributed by atoms with Gasteiger partial charge in [-0.3, -0.25) is 4.79 Å². The molecule has 3 aromatic carbocycles. The van der Waals surface area contributed by atoms with Crippen molar-refractivity contribution in [1.29, 1.82) is 0 Å². The van der Waals surface area contributed by atoms with Crippen molar-refractivity contribution in [2.75, 3.05) is 11.9 Å². The Bertz CT molecular complexity index is 1580. The molecule has 0 radical (unpaired) electrons. The fourth-order valence-corrected chi connectivity index (χ4v) is 8.57. The first-order chi connectivity index (χ1) is 19.3. The molecule has 1 saturated carbocycles. The van der Waals surface area contributed by atoms with E-state index in [0.29, 0.717) is 17.8 Å². The number of rotatable bonds is 7. The van der Waals surface area contributed by atoms with E-state index < -0.39 is 28.0 Å². The minimum absolute atomic E-state index is 0.0528. The highest BCUT2D eigenvalue weighted by Gasteiger charge is 2.53. The molecule has 0 aromatic heterocycles. The highest BCUT2D eigenvalue weighted by Crippen LogP contribution is 2.53. The van der Waals surface area contributed by atoms with E-state index in [0.717, 1.165) is 30.4 Å². The summed E-state index contributed by atoms with van der Waals surface area (Å²) in [5.74, 6) is -1.28. The molecule has 0 unspecified atom stereocenters. The van der Waals surface area contributed by atoms with E-state index in [1.54, 1.807) is 34.6 Å². The summed E-state index contributed by atoms with van der Waals surface area (Å²) in [6.07, 6.45) is 1.38. The number of amides is 1. The number of fused-ring (bicyclic) bond motifs is 2. The van der Waals surface area contributed by atoms with Crippen LogP contribution in [0.1, 0.15) is 73.2 Å². The zero-order valence-electron chi connectivity index (χ0n) is 24.3. The van der Waals surface area contributed by atoms with Gasteiger partial charge in [0.25, 0.3) is 5.91 Å². The van der Waals surface area contributed by atoms with Gasteiger partial charge in [-0.25, -0.2) is 13.2 Å². The predicted molar refractivity (Wildman–Crippen MR) is 159 cm³/mol. The van der Waals surface area contributed by atoms with Crippen LogP contribution in [-0.2, 0) is 19.6 Å². The lowest BCUT2D eigenvalue weighted by Gasteiger charge is -2.39. The number of hydrogen-bond acceptors (Lipinski definition) is 5. The average Bonchev–Trinajstić information content (AvgIpc) is 3.18. The van der Waals surface area contributed by atoms with Crippen LogP contribution in [0.15, 0.2) is 77.7 Å². The fraction of sp³-hybridized carbons (Fsp3) is 0.394. The Labute approximate surface area is 243 Å². The lowest BCUT2D eigenvalue weighted by Crippen LogP contribution is -2.37. The molecule has 1 saturated heterocycles. The maximum atomic E-state index is 13.8. The Morgan fingerprint density at radius 2 is 1.68 bits per heavy atom. The lowest BCUT2D eigenvalue weighted by atomic mass is 9.65. The van der Waals surface area contributed by atoms with Gasteiger partial charge in [-0.2, -0.15) is 4.31 Å². The van der Waals surface area contributed by atoms with Crippen molar-refractivity contribution in [3.8, 4) is 0 Å². The van der Waals surface area contributed by atoms with E-state index in [9.17, 15) is 18.0 Å². The lowest BCUT2D eigenvalue weighted by molar-refractivity contribution is -0.125. The van der Waals surface area contributed by atoms with Crippen molar-refractivity contribution in [3.63, 3.8) is 0 Å². The molecule has 0 spiro atoms. The number of anilines is 1. The summed E-state index contributed by atoms with van der Waals surface area (Å²) >= 11 is 0. The molecular formula is C33H38N2O5S. The molecule has 216 valence electrons. The highest BCUT2D eigenvalue weighted by atomic mass is 32.2. The molecule has 41 heavy (non-hydrogen) atoms. The number of nitrogens with zero attached hydrogens (tertiary/aromatic N) is 1. The molecule has 2 fully saturated rings. The Hall–Kier alpha value is -3.49. The molecule has 2 bridgehead atoms. The number of esters is 1. The summed E-state index contributed by atoms with van der Waals surface area (Å²) in [6.45, 7) is 10.8. The second-order valence-corrected chi connectivity index (χ2v) is 14.7. The second-order valence-electron chi connectivity index (χ2n) is 12.8. The van der Waals surface area contributed by atoms with Gasteiger partial charge in [0.1, 0.15) is 0 Å². The number of ether oxygens (including phenoxy) is 1. The third-order valence-electron chi connectivity index (χ3n) is 8.26. The third kappa shape index (κ3) is 6.09. The second kappa shape index (κ2) is 10.7. The van der Waals surface area contributed by atoms with Gasteiger partial charge >= 0.3 is 5.97 Å². The minimum atomic E-state index is -3.84. The summed E-state index contributed by atoms with van der Waals surface area (Å²) in [7, 11) is -3.84. The SMILES string of the molecule is Cc1ccc(C)c(NC(=O)[C@H](OC(=O)c2cccc(S(=O)(=O)N3C[C@@]4(C)C[C@H]3CC(C)(C)C4)c2)c2ccccc2)c1. The standard InChI is InChI=1S/C33H38N2O5S/c1-22-14-15-23(2)28(16-22)34-30(36)29(24-10-7-6-8-11-24)40-31(37)25-12-9-13-27(17-25)41(38,39)35-21-33(5)19-26(35)18-32(3,4)20-33/h6-17,26,29H,18-21H2,1-5H3,(H,34,36)/t26-,29-,33+/m1/s1. The molecule has 1 amide bonds. The van der Waals surface area contributed by atoms with Crippen LogP contribution in [0.5, 0.6) is 0 Å². The van der Waals surface area contributed by atoms with Gasteiger partial charge in [0.15, 0.2) is 0 Å². The number of benzene rings is 3. The molecule has 1 aliphatic carbocycles. The van der Waals surface area contributed by atoms with Crippen molar-refractivity contribution in [3.05, 3.63) is 95.1 Å². The monoisotopic (exact) mass is 574 g/mol. The third-order valence-corrected chi connectivity index (χ3v) is 10.2. The Morgan fingerprint density at radius 1 is 0.951 bits per heavy atom. The molecule has 8 heteroatoms. The first kappa shape index (κ1) is 29.0. The van der Waals surface area contributed by atoms with Gasteiger partial charge in [0.05, 0.1) is 10.5 Å². The maximum absolute atomic E-state index is 13.8. The largest absolute Gasteiger partial charge is 0.444 e. The van der Waals surface area contributed by atoms with Crippen molar-refractivity contribution in [2.24, 2.45) is 10.8 Å². The summed E-state index contributed by atoms with van der Waals surface area (Å²) in [4.78, 5) is 26.9. The molecule has 3 aromatic rings. The first-order valence-corrected chi connectivity index (χ1v) is 15.5. The van der Waals surface area contributed by atoms with Crippen molar-refractivity contribution >= 4 is 27.6 Å². The van der Waals surface area contributed by atoms with E-state index in [1.165, 1.54) is 18.2 Å². The molecule has 5 rings (SSSR count). The van der Waals surface area contributed by atoms with Crippen molar-refractivity contribution in [2.45, 2.75) is 70.9 Å². The van der Waals surface area contributed by atoms with E-state index in [-0.39, 0.29) is 27.3 Å². The van der Waals surface area contributed by atoms with Crippen molar-refractivity contribution in [1.82, 2.24) is 4.31 Å². The van der Waals surface area contributed by atoms with Crippen molar-refractivity contribution < 1.29 is 22.7 Å². The number of carbonyl (C=O) groups excluding carboxylic acids is 2. The molecule has 2 aliphatic rings. The number of aryl methyl sites for hydroxylation is 2. The van der Waals surface area contributed by atoms with E-state index in [2.05, 4.69) is 26.1 Å². The number of sulfonamides is 1. The first-order valence-electron chi connectivity index (χ1n) is 14.0. The van der Waals surface area contributed by atoms with E-state index in [4.69, 9.17) is 4.74 Å². The normalized spacial score (nSPS) is 22.6. The molecular weight excluding hydrogens is 536 g/mol. The van der Waals surface area contributed by atoms with Gasteiger partial charge in [-0.1, -0.05) is 69.3 Å². The Kier molecular flexibility index (Phi) is 7.59. The Balaban J connectivity index is 1.40. The zero-order valence-corrected chi connectivity index (χ0v) is 25.1. The zero-order chi connectivity index (χ0) is 29.6. The van der Waals surface area contributed by atoms with E-state index >= 15 is 0 Å². The van der Waals surface area contributed by atoms with Crippen LogP contribution in [0.3, 0.4) is 0 Å². The summed E-state index contributed by atoms with van der Waals surface area (Å²) in [5.41, 5.74) is 3.07. The smallest absolute Gasteiger partial charge is 0.339 e. The Morgan fingerprint density at radius 3 is 2.41 bits per heavy atom. The van der Waals surface area contributed by atoms with Gasteiger partial charge in [0, 0.05) is 23.8 Å². The number of hydrogen-bond donors (Lipinski definition) is 1. The van der Waals surface area contributed by atoms with Gasteiger partial charge < -0.3 is 10.1 Å². The minimum Gasteiger partial charge on any atom is -0.444 e. The van der Waals surface area contributed by atoms with Crippen LogP contribution in [0.25, 0.3) is 0 Å². The predicted octanol–water partition coefficient (Wildman–Crippen LogP) is 6.43. The molecule has 1 aliphatic heterocycles. The molecule has 7 nitrogen and oxygen atoms in total. The van der Waals surface area contributed by atoms with Crippen LogP contribution in [-0.4, -0.2) is 37.2 Å². The van der Waals surface area contributed by atoms with Crippen LogP contribution < -0.4 is 5.32 Å². The van der Waals surface area contributed by atoms with Gasteiger partial charge in [-0.15, -0.1) is 0 Å². The van der Waals surface area contributed by atoms with Crippen LogP contribution in [0, 0.1) is 24.7 Å². The van der Waals surface area contributed by atoms with Crippen LogP contribution >= 0.6 is 0 Å². The van der Waals surface area contributed by atoms with E-state index in [1.807, 2.05) is 38.1 Å². The maximum Gasteiger partial charge on any atom is 0.339 e. The topological polar surface area (TPSA) is 92.8 Å². The van der Waals surface area contributed by atoms with Gasteiger partial charge in [-0.05, 0) is 79.3 Å². The van der Waals surface area contributed by atoms with Gasteiger partial charge in [0.2, 0.25) is 16.1 Å². The summed E-state index contributed by atoms with van der Waals surface area (Å²) in [5, 5.41) is 2.89. The number of nitrogens with one attached hydrogen (secondary N) is 1. The average molecular weight is 575 g/mol. The quantitative estimate of drug-likeness (QED) is 0.328. The summed E-state index contributed by atoms with van der Waals surface area (Å²) in [6, 6.07) is 20.4.